The van der Waals surface area contributed by atoms with Crippen LogP contribution in [0, 0.1) is 0 Å². The van der Waals surface area contributed by atoms with E-state index in [1.54, 1.807) is 0 Å². The molecule has 6 heteroatoms. The van der Waals surface area contributed by atoms with Gasteiger partial charge in [0.1, 0.15) is 6.04 Å². The van der Waals surface area contributed by atoms with E-state index in [0.717, 1.165) is 0 Å². The van der Waals surface area contributed by atoms with Crippen molar-refractivity contribution < 1.29 is 19.9 Å². The summed E-state index contributed by atoms with van der Waals surface area (Å²) in [6.07, 6.45) is 0. The van der Waals surface area contributed by atoms with Gasteiger partial charge in [-0.2, -0.15) is 0 Å². The van der Waals surface area contributed by atoms with Crippen molar-refractivity contribution >= 4 is 11.8 Å². The molecule has 4 N–H and O–H groups in total. The summed E-state index contributed by atoms with van der Waals surface area (Å²) >= 11 is 0. The second kappa shape index (κ2) is 4.64. The summed E-state index contributed by atoms with van der Waals surface area (Å²) in [6.45, 7) is 0.652. The summed E-state index contributed by atoms with van der Waals surface area (Å²) in [5.41, 5.74) is 1.31. The first-order chi connectivity index (χ1) is 5.11. The average molecular weight is 162 g/mol. The Bertz CT molecular complexity index is 159. The van der Waals surface area contributed by atoms with E-state index < -0.39 is 24.5 Å². The van der Waals surface area contributed by atoms with Crippen LogP contribution in [0.25, 0.3) is 0 Å². The standard InChI is InChI=1S/C5H10N2O4/c1-3(9)6-4(2-8)5(10)7-11/h4,8,11H,2H2,1H3,(H,6,9)(H,7,10). The SMILES string of the molecule is CC(=O)NC(CO)C(=O)NO. The number of carbonyl (C=O) groups is 2. The normalized spacial score (nSPS) is 11.9. The number of aliphatic hydroxyl groups excluding tert-OH is 1. The Morgan fingerprint density at radius 1 is 1.55 bits per heavy atom. The van der Waals surface area contributed by atoms with E-state index in [9.17, 15) is 9.59 Å². The zero-order chi connectivity index (χ0) is 8.85. The van der Waals surface area contributed by atoms with E-state index in [2.05, 4.69) is 5.32 Å². The second-order valence-corrected chi connectivity index (χ2v) is 1.91. The van der Waals surface area contributed by atoms with Gasteiger partial charge in [-0.1, -0.05) is 0 Å². The number of hydrogen-bond donors (Lipinski definition) is 4. The van der Waals surface area contributed by atoms with Crippen LogP contribution in [-0.2, 0) is 9.59 Å². The Hall–Kier alpha value is -1.14. The van der Waals surface area contributed by atoms with Crippen molar-refractivity contribution in [1.29, 1.82) is 0 Å². The third kappa shape index (κ3) is 3.54. The molecule has 1 atom stereocenters. The molecule has 0 aliphatic rings. The van der Waals surface area contributed by atoms with Gasteiger partial charge in [-0.3, -0.25) is 14.8 Å². The molecule has 11 heavy (non-hydrogen) atoms. The lowest BCUT2D eigenvalue weighted by Crippen LogP contribution is -2.47. The van der Waals surface area contributed by atoms with Gasteiger partial charge in [0.05, 0.1) is 6.61 Å². The summed E-state index contributed by atoms with van der Waals surface area (Å²) in [4.78, 5) is 20.9. The van der Waals surface area contributed by atoms with Crippen LogP contribution in [0.2, 0.25) is 0 Å². The Kier molecular flexibility index (Phi) is 4.16. The van der Waals surface area contributed by atoms with Crippen LogP contribution in [0.4, 0.5) is 0 Å². The zero-order valence-electron chi connectivity index (χ0n) is 6.00. The van der Waals surface area contributed by atoms with E-state index >= 15 is 0 Å². The van der Waals surface area contributed by atoms with Crippen LogP contribution < -0.4 is 10.8 Å². The molecule has 0 saturated heterocycles. The van der Waals surface area contributed by atoms with Crippen molar-refractivity contribution in [3.63, 3.8) is 0 Å². The number of aliphatic hydroxyl groups is 1. The highest BCUT2D eigenvalue weighted by Gasteiger charge is 2.16. The van der Waals surface area contributed by atoms with Crippen LogP contribution in [0.5, 0.6) is 0 Å². The molecule has 2 amide bonds. The molecule has 0 aliphatic carbocycles. The first-order valence-electron chi connectivity index (χ1n) is 2.93. The largest absolute Gasteiger partial charge is 0.394 e. The maximum atomic E-state index is 10.5. The van der Waals surface area contributed by atoms with Crippen LogP contribution >= 0.6 is 0 Å². The molecular weight excluding hydrogens is 152 g/mol. The van der Waals surface area contributed by atoms with Gasteiger partial charge in [-0.25, -0.2) is 5.48 Å². The number of hydroxylamine groups is 1. The number of amides is 2. The Morgan fingerprint density at radius 3 is 2.36 bits per heavy atom. The quantitative estimate of drug-likeness (QED) is 0.284. The lowest BCUT2D eigenvalue weighted by Gasteiger charge is -2.11. The van der Waals surface area contributed by atoms with E-state index in [-0.39, 0.29) is 0 Å². The Labute approximate surface area is 63.2 Å². The minimum Gasteiger partial charge on any atom is -0.394 e. The van der Waals surface area contributed by atoms with Crippen LogP contribution in [-0.4, -0.2) is 34.8 Å². The van der Waals surface area contributed by atoms with Crippen LogP contribution in [0.3, 0.4) is 0 Å². The van der Waals surface area contributed by atoms with E-state index in [4.69, 9.17) is 10.3 Å². The van der Waals surface area contributed by atoms with Gasteiger partial charge in [0.25, 0.3) is 5.91 Å². The highest BCUT2D eigenvalue weighted by molar-refractivity contribution is 5.86. The molecule has 0 heterocycles. The van der Waals surface area contributed by atoms with E-state index in [1.807, 2.05) is 0 Å². The van der Waals surface area contributed by atoms with Crippen molar-refractivity contribution in [2.75, 3.05) is 6.61 Å². The van der Waals surface area contributed by atoms with Gasteiger partial charge in [0.15, 0.2) is 0 Å². The topological polar surface area (TPSA) is 98.7 Å². The molecule has 0 saturated carbocycles. The maximum absolute atomic E-state index is 10.5. The van der Waals surface area contributed by atoms with Crippen molar-refractivity contribution in [3.05, 3.63) is 0 Å². The van der Waals surface area contributed by atoms with Gasteiger partial charge >= 0.3 is 0 Å². The molecule has 64 valence electrons. The second-order valence-electron chi connectivity index (χ2n) is 1.91. The Morgan fingerprint density at radius 2 is 2.09 bits per heavy atom. The van der Waals surface area contributed by atoms with Crippen molar-refractivity contribution in [3.8, 4) is 0 Å². The minimum absolute atomic E-state index is 0.451. The fourth-order valence-corrected chi connectivity index (χ4v) is 0.517. The fourth-order valence-electron chi connectivity index (χ4n) is 0.517. The predicted molar refractivity (Wildman–Crippen MR) is 34.6 cm³/mol. The molecule has 0 aromatic rings. The first-order valence-corrected chi connectivity index (χ1v) is 2.93. The molecule has 6 nitrogen and oxygen atoms in total. The summed E-state index contributed by atoms with van der Waals surface area (Å²) in [5, 5.41) is 18.7. The molecule has 0 aromatic carbocycles. The van der Waals surface area contributed by atoms with Gasteiger partial charge in [0, 0.05) is 6.92 Å². The molecule has 0 rings (SSSR count). The maximum Gasteiger partial charge on any atom is 0.268 e. The van der Waals surface area contributed by atoms with Gasteiger partial charge in [-0.15, -0.1) is 0 Å². The fraction of sp³-hybridized carbons (Fsp3) is 0.600. The third-order valence-corrected chi connectivity index (χ3v) is 0.987. The molecule has 0 radical (unpaired) electrons. The van der Waals surface area contributed by atoms with Crippen molar-refractivity contribution in [2.24, 2.45) is 0 Å². The number of hydrogen-bond acceptors (Lipinski definition) is 4. The van der Waals surface area contributed by atoms with Crippen molar-refractivity contribution in [2.45, 2.75) is 13.0 Å². The molecular formula is C5H10N2O4. The van der Waals surface area contributed by atoms with E-state index in [1.165, 1.54) is 12.4 Å². The lowest BCUT2D eigenvalue weighted by atomic mass is 10.3. The molecule has 1 unspecified atom stereocenters. The first kappa shape index (κ1) is 9.86. The van der Waals surface area contributed by atoms with Gasteiger partial charge in [0.2, 0.25) is 5.91 Å². The monoisotopic (exact) mass is 162 g/mol. The number of rotatable bonds is 3. The molecule has 0 spiro atoms. The highest BCUT2D eigenvalue weighted by Crippen LogP contribution is 1.80. The average Bonchev–Trinajstić information content (AvgIpc) is 1.98. The van der Waals surface area contributed by atoms with Crippen LogP contribution in [0.1, 0.15) is 6.92 Å². The molecule has 0 aromatic heterocycles. The Balaban J connectivity index is 3.94. The predicted octanol–water partition coefficient (Wildman–Crippen LogP) is -2.01. The summed E-state index contributed by atoms with van der Waals surface area (Å²) in [5.74, 6) is -1.30. The number of carbonyl (C=O) groups excluding carboxylic acids is 2. The van der Waals surface area contributed by atoms with Crippen molar-refractivity contribution in [1.82, 2.24) is 10.8 Å². The third-order valence-electron chi connectivity index (χ3n) is 0.987. The van der Waals surface area contributed by atoms with E-state index in [0.29, 0.717) is 0 Å². The lowest BCUT2D eigenvalue weighted by molar-refractivity contribution is -0.135. The molecule has 0 aliphatic heterocycles. The molecule has 0 bridgehead atoms. The van der Waals surface area contributed by atoms with Gasteiger partial charge < -0.3 is 10.4 Å². The zero-order valence-corrected chi connectivity index (χ0v) is 6.00. The highest BCUT2D eigenvalue weighted by atomic mass is 16.5. The summed E-state index contributed by atoms with van der Waals surface area (Å²) in [7, 11) is 0. The van der Waals surface area contributed by atoms with Crippen LogP contribution in [0.15, 0.2) is 0 Å². The molecule has 0 fully saturated rings. The number of nitrogens with one attached hydrogen (secondary N) is 2. The summed E-state index contributed by atoms with van der Waals surface area (Å²) < 4.78 is 0. The smallest absolute Gasteiger partial charge is 0.268 e. The summed E-state index contributed by atoms with van der Waals surface area (Å²) in [6, 6.07) is -1.09. The van der Waals surface area contributed by atoms with Gasteiger partial charge in [-0.05, 0) is 0 Å². The minimum atomic E-state index is -1.09.